The van der Waals surface area contributed by atoms with Gasteiger partial charge in [-0.25, -0.2) is 14.4 Å². The van der Waals surface area contributed by atoms with Gasteiger partial charge in [0.2, 0.25) is 11.8 Å². The summed E-state index contributed by atoms with van der Waals surface area (Å²) in [6, 6.07) is 8.62. The maximum absolute atomic E-state index is 15.5. The molecule has 61 heavy (non-hydrogen) atoms. The van der Waals surface area contributed by atoms with Crippen LogP contribution in [0, 0.1) is 28.5 Å². The zero-order chi connectivity index (χ0) is 42.4. The minimum Gasteiger partial charge on any atom is -0.490 e. The van der Waals surface area contributed by atoms with E-state index in [0.29, 0.717) is 46.7 Å². The summed E-state index contributed by atoms with van der Waals surface area (Å²) in [5, 5.41) is 14.8. The number of likely N-dealkylation sites (tertiary alicyclic amines) is 1. The first-order valence-corrected chi connectivity index (χ1v) is 21.6. The van der Waals surface area contributed by atoms with Crippen molar-refractivity contribution in [3.63, 3.8) is 0 Å². The van der Waals surface area contributed by atoms with Crippen LogP contribution in [0.1, 0.15) is 101 Å². The van der Waals surface area contributed by atoms with E-state index in [1.165, 1.54) is 6.07 Å². The summed E-state index contributed by atoms with van der Waals surface area (Å²) in [6.45, 7) is 6.03. The number of nitrogens with zero attached hydrogens (tertiary/aromatic N) is 7. The van der Waals surface area contributed by atoms with Crippen LogP contribution in [0.15, 0.2) is 42.7 Å². The Morgan fingerprint density at radius 3 is 2.30 bits per heavy atom. The van der Waals surface area contributed by atoms with Crippen molar-refractivity contribution in [1.29, 1.82) is 5.26 Å². The number of fused-ring (bicyclic) bond motifs is 1. The van der Waals surface area contributed by atoms with E-state index in [-0.39, 0.29) is 47.4 Å². The molecule has 0 radical (unpaired) electrons. The maximum atomic E-state index is 15.5. The van der Waals surface area contributed by atoms with E-state index in [0.717, 1.165) is 101 Å². The van der Waals surface area contributed by atoms with E-state index in [4.69, 9.17) is 21.6 Å². The molecule has 318 valence electrons. The van der Waals surface area contributed by atoms with Crippen LogP contribution in [0.25, 0.3) is 0 Å². The standard InChI is InChI=1S/C44H47ClFN9O6/c45-33-17-30(4-1-27(33)20-47)61-29-5-2-28(3-6-29)50-40(57)35-21-49-38(22-48-35)54-13-9-26(10-14-54)23-52-24-44(25-52)11-15-53(16-12-44)37-19-32-31(18-34(37)46)42(59)55(43(32)60)36-7-8-39(56)51-41(36)58/h1,4,17-19,21-22,26,28-29,36H,2-3,5-16,23-25H2,(H,50,57)(H,51,56,58). The molecule has 1 aromatic heterocycles. The number of ether oxygens (including phenoxy) is 1. The van der Waals surface area contributed by atoms with Crippen LogP contribution >= 0.6 is 11.6 Å². The van der Waals surface area contributed by atoms with Gasteiger partial charge in [0, 0.05) is 64.3 Å². The molecule has 1 unspecified atom stereocenters. The van der Waals surface area contributed by atoms with Crippen LogP contribution in [0.5, 0.6) is 5.75 Å². The normalized spacial score (nSPS) is 24.3. The number of hydrogen-bond acceptors (Lipinski definition) is 12. The third kappa shape index (κ3) is 8.25. The molecule has 2 aromatic carbocycles. The number of benzene rings is 2. The molecule has 3 aromatic rings. The quantitative estimate of drug-likeness (QED) is 0.289. The van der Waals surface area contributed by atoms with Crippen molar-refractivity contribution in [3.8, 4) is 11.8 Å². The van der Waals surface area contributed by atoms with Crippen LogP contribution in [0.3, 0.4) is 0 Å². The minimum absolute atomic E-state index is 0.0137. The van der Waals surface area contributed by atoms with Gasteiger partial charge in [0.15, 0.2) is 0 Å². The molecule has 2 N–H and O–H groups in total. The van der Waals surface area contributed by atoms with Crippen molar-refractivity contribution >= 4 is 52.6 Å². The lowest BCUT2D eigenvalue weighted by Gasteiger charge is -2.55. The third-order valence-corrected chi connectivity index (χ3v) is 13.8. The predicted octanol–water partition coefficient (Wildman–Crippen LogP) is 4.48. The Kier molecular flexibility index (Phi) is 11.1. The molecule has 5 fully saturated rings. The lowest BCUT2D eigenvalue weighted by Crippen LogP contribution is -2.61. The zero-order valence-electron chi connectivity index (χ0n) is 33.7. The number of halogens is 2. The molecule has 1 saturated carbocycles. The van der Waals surface area contributed by atoms with Crippen molar-refractivity contribution in [3.05, 3.63) is 75.9 Å². The van der Waals surface area contributed by atoms with E-state index < -0.39 is 35.5 Å². The first kappa shape index (κ1) is 40.7. The van der Waals surface area contributed by atoms with Gasteiger partial charge in [-0.3, -0.25) is 34.2 Å². The highest BCUT2D eigenvalue weighted by Crippen LogP contribution is 2.43. The predicted molar refractivity (Wildman–Crippen MR) is 221 cm³/mol. The van der Waals surface area contributed by atoms with Gasteiger partial charge in [-0.2, -0.15) is 5.26 Å². The Hall–Kier alpha value is -5.66. The molecular weight excluding hydrogens is 805 g/mol. The summed E-state index contributed by atoms with van der Waals surface area (Å²) >= 11 is 6.15. The maximum Gasteiger partial charge on any atom is 0.271 e. The summed E-state index contributed by atoms with van der Waals surface area (Å²) < 4.78 is 21.6. The first-order valence-electron chi connectivity index (χ1n) is 21.2. The second-order valence-corrected chi connectivity index (χ2v) is 17.9. The van der Waals surface area contributed by atoms with Crippen molar-refractivity contribution in [1.82, 2.24) is 30.4 Å². The molecule has 17 heteroatoms. The van der Waals surface area contributed by atoms with E-state index in [1.54, 1.807) is 30.6 Å². The molecule has 1 atom stereocenters. The molecule has 6 heterocycles. The van der Waals surface area contributed by atoms with Gasteiger partial charge in [-0.05, 0) is 93.4 Å². The average molecular weight is 852 g/mol. The average Bonchev–Trinajstić information content (AvgIpc) is 3.48. The highest BCUT2D eigenvalue weighted by molar-refractivity contribution is 6.31. The second kappa shape index (κ2) is 16.7. The largest absolute Gasteiger partial charge is 0.490 e. The Morgan fingerprint density at radius 1 is 0.918 bits per heavy atom. The number of aromatic nitrogens is 2. The number of nitrogens with one attached hydrogen (secondary N) is 2. The molecule has 1 spiro atoms. The summed E-state index contributed by atoms with van der Waals surface area (Å²) in [5.74, 6) is -1.32. The molecule has 5 aliphatic heterocycles. The zero-order valence-corrected chi connectivity index (χ0v) is 34.5. The summed E-state index contributed by atoms with van der Waals surface area (Å²) in [4.78, 5) is 80.2. The summed E-state index contributed by atoms with van der Waals surface area (Å²) in [6.07, 6.45) is 10.3. The Morgan fingerprint density at radius 2 is 1.64 bits per heavy atom. The molecule has 4 saturated heterocycles. The van der Waals surface area contributed by atoms with Crippen molar-refractivity contribution in [2.75, 3.05) is 55.6 Å². The van der Waals surface area contributed by atoms with Crippen molar-refractivity contribution in [2.45, 2.75) is 82.4 Å². The van der Waals surface area contributed by atoms with Crippen LogP contribution in [0.4, 0.5) is 15.9 Å². The van der Waals surface area contributed by atoms with E-state index >= 15 is 4.39 Å². The fourth-order valence-electron chi connectivity index (χ4n) is 10.0. The van der Waals surface area contributed by atoms with Crippen molar-refractivity contribution < 1.29 is 33.1 Å². The SMILES string of the molecule is N#Cc1ccc(OC2CCC(NC(=O)c3cnc(N4CCC(CN5CC6(CCN(c7cc8c(cc7F)C(=O)N(C7CCC(=O)NC7=O)C8=O)CC6)C5)CC4)cn3)CC2)cc1Cl. The first-order chi connectivity index (χ1) is 29.5. The number of nitriles is 1. The van der Waals surface area contributed by atoms with Gasteiger partial charge in [0.1, 0.15) is 35.2 Å². The molecule has 1 aliphatic carbocycles. The number of amides is 5. The van der Waals surface area contributed by atoms with Crippen LogP contribution < -0.4 is 25.2 Å². The molecular formula is C44H47ClFN9O6. The van der Waals surface area contributed by atoms with Gasteiger partial charge in [-0.1, -0.05) is 11.6 Å². The minimum atomic E-state index is -1.09. The Bertz CT molecular complexity index is 2290. The Labute approximate surface area is 357 Å². The van der Waals surface area contributed by atoms with Crippen molar-refractivity contribution in [2.24, 2.45) is 11.3 Å². The number of imide groups is 2. The van der Waals surface area contributed by atoms with Gasteiger partial charge < -0.3 is 24.8 Å². The number of carbonyl (C=O) groups excluding carboxylic acids is 5. The topological polar surface area (TPSA) is 181 Å². The lowest BCUT2D eigenvalue weighted by molar-refractivity contribution is -0.136. The molecule has 9 rings (SSSR count). The summed E-state index contributed by atoms with van der Waals surface area (Å²) in [5.41, 5.74) is 1.21. The van der Waals surface area contributed by atoms with E-state index in [9.17, 15) is 24.0 Å². The monoisotopic (exact) mass is 851 g/mol. The number of carbonyl (C=O) groups is 5. The molecule has 6 aliphatic rings. The van der Waals surface area contributed by atoms with Gasteiger partial charge in [0.05, 0.1) is 45.9 Å². The molecule has 15 nitrogen and oxygen atoms in total. The van der Waals surface area contributed by atoms with Crippen LogP contribution in [-0.4, -0.2) is 113 Å². The number of anilines is 2. The molecule has 0 bridgehead atoms. The smallest absolute Gasteiger partial charge is 0.271 e. The highest BCUT2D eigenvalue weighted by atomic mass is 35.5. The second-order valence-electron chi connectivity index (χ2n) is 17.5. The van der Waals surface area contributed by atoms with Gasteiger partial charge in [-0.15, -0.1) is 0 Å². The fourth-order valence-corrected chi connectivity index (χ4v) is 10.3. The number of hydrogen-bond donors (Lipinski definition) is 2. The lowest BCUT2D eigenvalue weighted by atomic mass is 9.71. The number of piperidine rings is 3. The Balaban J connectivity index is 0.692. The van der Waals surface area contributed by atoms with Crippen LogP contribution in [0.2, 0.25) is 5.02 Å². The fraction of sp³-hybridized carbons (Fsp3) is 0.500. The molecule has 5 amide bonds. The van der Waals surface area contributed by atoms with Crippen LogP contribution in [-0.2, 0) is 9.59 Å². The third-order valence-electron chi connectivity index (χ3n) is 13.5. The van der Waals surface area contributed by atoms with E-state index in [2.05, 4.69) is 30.4 Å². The summed E-state index contributed by atoms with van der Waals surface area (Å²) in [7, 11) is 0. The van der Waals surface area contributed by atoms with E-state index in [1.807, 2.05) is 11.0 Å². The van der Waals surface area contributed by atoms with Gasteiger partial charge in [0.25, 0.3) is 17.7 Å². The number of rotatable bonds is 9. The highest BCUT2D eigenvalue weighted by Gasteiger charge is 2.48. The van der Waals surface area contributed by atoms with Gasteiger partial charge >= 0.3 is 0 Å².